The van der Waals surface area contributed by atoms with Crippen LogP contribution < -0.4 is 4.90 Å². The number of aryl methyl sites for hydroxylation is 1. The van der Waals surface area contributed by atoms with Crippen LogP contribution in [0, 0.1) is 6.92 Å². The zero-order valence-electron chi connectivity index (χ0n) is 14.4. The first kappa shape index (κ1) is 19.4. The van der Waals surface area contributed by atoms with E-state index in [9.17, 15) is 4.79 Å². The van der Waals surface area contributed by atoms with Gasteiger partial charge in [-0.25, -0.2) is 4.98 Å². The van der Waals surface area contributed by atoms with Gasteiger partial charge in [0.05, 0.1) is 10.2 Å². The van der Waals surface area contributed by atoms with Gasteiger partial charge in [-0.1, -0.05) is 28.6 Å². The van der Waals surface area contributed by atoms with Crippen molar-refractivity contribution < 1.29 is 9.32 Å². The van der Waals surface area contributed by atoms with E-state index in [1.165, 1.54) is 11.3 Å². The molecular weight excluding hydrogens is 360 g/mol. The number of hydrogen-bond acceptors (Lipinski definition) is 6. The van der Waals surface area contributed by atoms with Crippen molar-refractivity contribution in [3.63, 3.8) is 0 Å². The van der Waals surface area contributed by atoms with Crippen LogP contribution >= 0.6 is 23.7 Å². The number of thiazole rings is 1. The number of rotatable bonds is 6. The molecule has 0 saturated carbocycles. The lowest BCUT2D eigenvalue weighted by Gasteiger charge is -2.19. The van der Waals surface area contributed by atoms with Crippen molar-refractivity contribution in [2.75, 3.05) is 32.1 Å². The Balaban J connectivity index is 0.00000225. The Hall–Kier alpha value is -1.96. The van der Waals surface area contributed by atoms with Crippen molar-refractivity contribution in [1.82, 2.24) is 15.0 Å². The molecule has 0 radical (unpaired) electrons. The maximum Gasteiger partial charge on any atom is 0.282 e. The molecule has 134 valence electrons. The molecule has 0 N–H and O–H groups in total. The van der Waals surface area contributed by atoms with Crippen LogP contribution in [0.25, 0.3) is 10.2 Å². The van der Waals surface area contributed by atoms with Crippen molar-refractivity contribution in [3.05, 3.63) is 41.8 Å². The van der Waals surface area contributed by atoms with Crippen LogP contribution in [0.15, 0.2) is 34.9 Å². The zero-order chi connectivity index (χ0) is 17.1. The minimum Gasteiger partial charge on any atom is -0.361 e. The summed E-state index contributed by atoms with van der Waals surface area (Å²) in [6.07, 6.45) is 0.853. The van der Waals surface area contributed by atoms with E-state index in [1.54, 1.807) is 17.9 Å². The Bertz CT molecular complexity index is 813. The normalized spacial score (nSPS) is 10.9. The Morgan fingerprint density at radius 2 is 2.00 bits per heavy atom. The van der Waals surface area contributed by atoms with Gasteiger partial charge < -0.3 is 9.42 Å². The highest BCUT2D eigenvalue weighted by Gasteiger charge is 2.23. The van der Waals surface area contributed by atoms with Crippen molar-refractivity contribution in [1.29, 1.82) is 0 Å². The Labute approximate surface area is 156 Å². The van der Waals surface area contributed by atoms with Gasteiger partial charge in [-0.3, -0.25) is 9.69 Å². The summed E-state index contributed by atoms with van der Waals surface area (Å²) < 4.78 is 6.11. The average molecular weight is 381 g/mol. The number of para-hydroxylation sites is 1. The van der Waals surface area contributed by atoms with Gasteiger partial charge in [-0.05, 0) is 46.1 Å². The minimum atomic E-state index is -0.176. The number of anilines is 1. The van der Waals surface area contributed by atoms with Crippen molar-refractivity contribution in [2.45, 2.75) is 13.3 Å². The van der Waals surface area contributed by atoms with Gasteiger partial charge in [0, 0.05) is 12.6 Å². The molecule has 1 amide bonds. The lowest BCUT2D eigenvalue weighted by molar-refractivity contribution is 0.0977. The number of benzene rings is 1. The molecule has 0 fully saturated rings. The topological polar surface area (TPSA) is 62.5 Å². The number of amides is 1. The van der Waals surface area contributed by atoms with E-state index < -0.39 is 0 Å². The lowest BCUT2D eigenvalue weighted by atomic mass is 10.3. The molecule has 3 rings (SSSR count). The van der Waals surface area contributed by atoms with Gasteiger partial charge in [-0.15, -0.1) is 12.4 Å². The zero-order valence-corrected chi connectivity index (χ0v) is 16.1. The summed E-state index contributed by atoms with van der Waals surface area (Å²) in [5.41, 5.74) is 1.22. The fraction of sp³-hybridized carbons (Fsp3) is 0.353. The molecule has 6 nitrogen and oxygen atoms in total. The molecule has 3 aromatic rings. The monoisotopic (exact) mass is 380 g/mol. The molecule has 0 saturated heterocycles. The van der Waals surface area contributed by atoms with Crippen LogP contribution in [0.3, 0.4) is 0 Å². The van der Waals surface area contributed by atoms with Crippen LogP contribution in [-0.4, -0.2) is 48.1 Å². The van der Waals surface area contributed by atoms with Crippen LogP contribution in [0.1, 0.15) is 22.7 Å². The van der Waals surface area contributed by atoms with E-state index in [4.69, 9.17) is 4.52 Å². The quantitative estimate of drug-likeness (QED) is 0.653. The Morgan fingerprint density at radius 3 is 2.64 bits per heavy atom. The molecule has 2 aromatic heterocycles. The molecule has 0 atom stereocenters. The second kappa shape index (κ2) is 8.42. The van der Waals surface area contributed by atoms with E-state index >= 15 is 0 Å². The third-order valence-electron chi connectivity index (χ3n) is 3.59. The molecule has 1 aromatic carbocycles. The van der Waals surface area contributed by atoms with Crippen LogP contribution in [0.4, 0.5) is 5.13 Å². The third-order valence-corrected chi connectivity index (χ3v) is 4.65. The lowest BCUT2D eigenvalue weighted by Crippen LogP contribution is -2.33. The number of halogens is 1. The highest BCUT2D eigenvalue weighted by atomic mass is 35.5. The van der Waals surface area contributed by atoms with Gasteiger partial charge >= 0.3 is 0 Å². The third kappa shape index (κ3) is 4.56. The fourth-order valence-corrected chi connectivity index (χ4v) is 3.40. The number of carbonyl (C=O) groups excluding carboxylic acids is 1. The first-order valence-electron chi connectivity index (χ1n) is 7.80. The highest BCUT2D eigenvalue weighted by Crippen LogP contribution is 2.29. The van der Waals surface area contributed by atoms with Crippen molar-refractivity contribution in [2.24, 2.45) is 0 Å². The first-order chi connectivity index (χ1) is 11.5. The number of nitrogens with zero attached hydrogens (tertiary/aromatic N) is 4. The first-order valence-corrected chi connectivity index (χ1v) is 8.62. The molecule has 0 unspecified atom stereocenters. The smallest absolute Gasteiger partial charge is 0.282 e. The predicted octanol–water partition coefficient (Wildman–Crippen LogP) is 3.61. The van der Waals surface area contributed by atoms with E-state index in [0.717, 1.165) is 23.2 Å². The fourth-order valence-electron chi connectivity index (χ4n) is 2.41. The maximum atomic E-state index is 12.9. The second-order valence-electron chi connectivity index (χ2n) is 5.90. The molecule has 25 heavy (non-hydrogen) atoms. The van der Waals surface area contributed by atoms with Gasteiger partial charge in [0.25, 0.3) is 5.91 Å². The molecule has 0 bridgehead atoms. The van der Waals surface area contributed by atoms with E-state index in [2.05, 4.69) is 15.0 Å². The van der Waals surface area contributed by atoms with Gasteiger partial charge in [0.2, 0.25) is 0 Å². The summed E-state index contributed by atoms with van der Waals surface area (Å²) >= 11 is 1.52. The summed E-state index contributed by atoms with van der Waals surface area (Å²) in [5, 5.41) is 4.55. The molecule has 0 aliphatic rings. The van der Waals surface area contributed by atoms with Gasteiger partial charge in [-0.2, -0.15) is 0 Å². The molecule has 0 aliphatic heterocycles. The van der Waals surface area contributed by atoms with E-state index in [-0.39, 0.29) is 18.3 Å². The van der Waals surface area contributed by atoms with Crippen molar-refractivity contribution >= 4 is 45.0 Å². The summed E-state index contributed by atoms with van der Waals surface area (Å²) in [6, 6.07) is 9.56. The Kier molecular flexibility index (Phi) is 6.52. The number of aromatic nitrogens is 2. The molecule has 8 heteroatoms. The number of fused-ring (bicyclic) bond motifs is 1. The van der Waals surface area contributed by atoms with Crippen LogP contribution in [0.2, 0.25) is 0 Å². The highest BCUT2D eigenvalue weighted by molar-refractivity contribution is 7.22. The predicted molar refractivity (Wildman–Crippen MR) is 103 cm³/mol. The standard InChI is InChI=1S/C17H20N4O2S.ClH/c1-12-11-14(19-23-12)16(22)21(10-6-9-20(2)3)17-18-13-7-4-5-8-15(13)24-17;/h4-5,7-8,11H,6,9-10H2,1-3H3;1H. The molecular formula is C17H21ClN4O2S. The van der Waals surface area contributed by atoms with Crippen LogP contribution in [-0.2, 0) is 0 Å². The molecule has 2 heterocycles. The summed E-state index contributed by atoms with van der Waals surface area (Å²) in [5.74, 6) is 0.445. The number of carbonyl (C=O) groups is 1. The van der Waals surface area contributed by atoms with Gasteiger partial charge in [0.1, 0.15) is 5.76 Å². The van der Waals surface area contributed by atoms with Gasteiger partial charge in [0.15, 0.2) is 10.8 Å². The van der Waals surface area contributed by atoms with E-state index in [1.807, 2.05) is 38.4 Å². The summed E-state index contributed by atoms with van der Waals surface area (Å²) in [6.45, 7) is 3.26. The number of hydrogen-bond donors (Lipinski definition) is 0. The SMILES string of the molecule is Cc1cc(C(=O)N(CCCN(C)C)c2nc3ccccc3s2)no1.Cl. The molecule has 0 spiro atoms. The van der Waals surface area contributed by atoms with Crippen LogP contribution in [0.5, 0.6) is 0 Å². The van der Waals surface area contributed by atoms with Crippen molar-refractivity contribution in [3.8, 4) is 0 Å². The second-order valence-corrected chi connectivity index (χ2v) is 6.91. The Morgan fingerprint density at radius 1 is 1.24 bits per heavy atom. The van der Waals surface area contributed by atoms with E-state index in [0.29, 0.717) is 23.1 Å². The largest absolute Gasteiger partial charge is 0.361 e. The average Bonchev–Trinajstić information content (AvgIpc) is 3.16. The summed E-state index contributed by atoms with van der Waals surface area (Å²) in [7, 11) is 4.04. The summed E-state index contributed by atoms with van der Waals surface area (Å²) in [4.78, 5) is 21.3. The molecule has 0 aliphatic carbocycles. The maximum absolute atomic E-state index is 12.9. The minimum absolute atomic E-state index is 0.